The van der Waals surface area contributed by atoms with Crippen molar-refractivity contribution >= 4 is 11.6 Å². The van der Waals surface area contributed by atoms with Gasteiger partial charge in [-0.25, -0.2) is 4.39 Å². The third-order valence-corrected chi connectivity index (χ3v) is 3.97. The fourth-order valence-corrected chi connectivity index (χ4v) is 2.80. The Morgan fingerprint density at radius 2 is 2.09 bits per heavy atom. The van der Waals surface area contributed by atoms with Crippen molar-refractivity contribution in [2.45, 2.75) is 26.5 Å². The van der Waals surface area contributed by atoms with E-state index in [-0.39, 0.29) is 11.7 Å². The number of ether oxygens (including phenoxy) is 2. The SMILES string of the molecule is COc1cccc2c1O[C@@H](C)C(=O)N(c1ccc(F)cc1C)C2. The second kappa shape index (κ2) is 5.91. The van der Waals surface area contributed by atoms with E-state index in [4.69, 9.17) is 9.47 Å². The molecule has 120 valence electrons. The minimum Gasteiger partial charge on any atom is -0.493 e. The molecular weight excluding hydrogens is 297 g/mol. The van der Waals surface area contributed by atoms with Crippen LogP contribution in [0.15, 0.2) is 36.4 Å². The molecule has 0 fully saturated rings. The van der Waals surface area contributed by atoms with Crippen molar-refractivity contribution in [3.63, 3.8) is 0 Å². The Balaban J connectivity index is 2.09. The fraction of sp³-hybridized carbons (Fsp3) is 0.278. The summed E-state index contributed by atoms with van der Waals surface area (Å²) in [5, 5.41) is 0. The van der Waals surface area contributed by atoms with Crippen LogP contribution in [-0.2, 0) is 11.3 Å². The van der Waals surface area contributed by atoms with E-state index in [0.717, 1.165) is 5.56 Å². The number of para-hydroxylation sites is 1. The molecule has 1 atom stereocenters. The highest BCUT2D eigenvalue weighted by atomic mass is 19.1. The maximum atomic E-state index is 13.4. The van der Waals surface area contributed by atoms with Gasteiger partial charge in [-0.05, 0) is 43.7 Å². The van der Waals surface area contributed by atoms with Gasteiger partial charge in [0.2, 0.25) is 0 Å². The summed E-state index contributed by atoms with van der Waals surface area (Å²) in [6.07, 6.45) is -0.656. The zero-order valence-electron chi connectivity index (χ0n) is 13.3. The van der Waals surface area contributed by atoms with Crippen LogP contribution in [0, 0.1) is 12.7 Å². The lowest BCUT2D eigenvalue weighted by Gasteiger charge is -2.24. The number of hydrogen-bond acceptors (Lipinski definition) is 3. The smallest absolute Gasteiger partial charge is 0.268 e. The molecule has 1 amide bonds. The predicted octanol–water partition coefficient (Wildman–Crippen LogP) is 3.46. The van der Waals surface area contributed by atoms with Crippen molar-refractivity contribution in [1.29, 1.82) is 0 Å². The summed E-state index contributed by atoms with van der Waals surface area (Å²) in [6, 6.07) is 9.96. The van der Waals surface area contributed by atoms with Gasteiger partial charge in [-0.1, -0.05) is 12.1 Å². The first kappa shape index (κ1) is 15.3. The minimum absolute atomic E-state index is 0.169. The van der Waals surface area contributed by atoms with Crippen LogP contribution in [-0.4, -0.2) is 19.1 Å². The number of anilines is 1. The highest BCUT2D eigenvalue weighted by Gasteiger charge is 2.31. The standard InChI is InChI=1S/C18H18FNO3/c1-11-9-14(19)7-8-15(11)20-10-13-5-4-6-16(22-3)17(13)23-12(2)18(20)21/h4-9,12H,10H2,1-3H3/t12-/m0/s1. The molecule has 0 saturated carbocycles. The van der Waals surface area contributed by atoms with E-state index in [1.165, 1.54) is 12.1 Å². The molecule has 0 radical (unpaired) electrons. The van der Waals surface area contributed by atoms with Gasteiger partial charge >= 0.3 is 0 Å². The van der Waals surface area contributed by atoms with Crippen molar-refractivity contribution < 1.29 is 18.7 Å². The number of aryl methyl sites for hydroxylation is 1. The lowest BCUT2D eigenvalue weighted by atomic mass is 10.1. The zero-order valence-corrected chi connectivity index (χ0v) is 13.3. The third-order valence-electron chi connectivity index (χ3n) is 3.97. The summed E-state index contributed by atoms with van der Waals surface area (Å²) in [6.45, 7) is 3.84. The molecule has 0 aliphatic carbocycles. The molecule has 0 unspecified atom stereocenters. The van der Waals surface area contributed by atoms with Crippen LogP contribution in [0.3, 0.4) is 0 Å². The van der Waals surface area contributed by atoms with E-state index < -0.39 is 6.10 Å². The van der Waals surface area contributed by atoms with Crippen LogP contribution >= 0.6 is 0 Å². The quantitative estimate of drug-likeness (QED) is 0.852. The average Bonchev–Trinajstić information content (AvgIpc) is 2.65. The van der Waals surface area contributed by atoms with E-state index in [1.54, 1.807) is 38.0 Å². The number of carbonyl (C=O) groups is 1. The Hall–Kier alpha value is -2.56. The molecule has 23 heavy (non-hydrogen) atoms. The molecular formula is C18H18FNO3. The number of carbonyl (C=O) groups excluding carboxylic acids is 1. The van der Waals surface area contributed by atoms with Crippen molar-refractivity contribution in [2.75, 3.05) is 12.0 Å². The highest BCUT2D eigenvalue weighted by Crippen LogP contribution is 2.36. The van der Waals surface area contributed by atoms with Crippen molar-refractivity contribution in [1.82, 2.24) is 0 Å². The molecule has 5 heteroatoms. The largest absolute Gasteiger partial charge is 0.493 e. The number of hydrogen-bond donors (Lipinski definition) is 0. The number of benzene rings is 2. The lowest BCUT2D eigenvalue weighted by Crippen LogP contribution is -2.38. The van der Waals surface area contributed by atoms with Gasteiger partial charge < -0.3 is 14.4 Å². The van der Waals surface area contributed by atoms with E-state index in [0.29, 0.717) is 29.3 Å². The lowest BCUT2D eigenvalue weighted by molar-refractivity contribution is -0.124. The third kappa shape index (κ3) is 2.74. The maximum Gasteiger partial charge on any atom is 0.268 e. The second-order valence-corrected chi connectivity index (χ2v) is 5.56. The molecule has 0 spiro atoms. The molecule has 0 saturated heterocycles. The summed E-state index contributed by atoms with van der Waals surface area (Å²) in [5.41, 5.74) is 2.24. The van der Waals surface area contributed by atoms with Crippen LogP contribution in [0.2, 0.25) is 0 Å². The van der Waals surface area contributed by atoms with Gasteiger partial charge in [-0.15, -0.1) is 0 Å². The van der Waals surface area contributed by atoms with E-state index in [1.807, 2.05) is 12.1 Å². The number of fused-ring (bicyclic) bond motifs is 1. The van der Waals surface area contributed by atoms with Crippen LogP contribution in [0.5, 0.6) is 11.5 Å². The maximum absolute atomic E-state index is 13.4. The van der Waals surface area contributed by atoms with Crippen molar-refractivity contribution in [3.8, 4) is 11.5 Å². The number of nitrogens with zero attached hydrogens (tertiary/aromatic N) is 1. The fourth-order valence-electron chi connectivity index (χ4n) is 2.80. The van der Waals surface area contributed by atoms with Gasteiger partial charge in [-0.2, -0.15) is 0 Å². The molecule has 0 aromatic heterocycles. The molecule has 1 aliphatic heterocycles. The van der Waals surface area contributed by atoms with E-state index >= 15 is 0 Å². The number of halogens is 1. The summed E-state index contributed by atoms with van der Waals surface area (Å²) >= 11 is 0. The predicted molar refractivity (Wildman–Crippen MR) is 85.4 cm³/mol. The van der Waals surface area contributed by atoms with Gasteiger partial charge in [0.25, 0.3) is 5.91 Å². The first-order valence-corrected chi connectivity index (χ1v) is 7.41. The van der Waals surface area contributed by atoms with Crippen molar-refractivity contribution in [3.05, 3.63) is 53.3 Å². The van der Waals surface area contributed by atoms with Gasteiger partial charge in [0.1, 0.15) is 5.82 Å². The molecule has 0 N–H and O–H groups in total. The summed E-state index contributed by atoms with van der Waals surface area (Å²) < 4.78 is 24.5. The van der Waals surface area contributed by atoms with Crippen molar-refractivity contribution in [2.24, 2.45) is 0 Å². The van der Waals surface area contributed by atoms with Gasteiger partial charge in [-0.3, -0.25) is 4.79 Å². The zero-order chi connectivity index (χ0) is 16.6. The van der Waals surface area contributed by atoms with E-state index in [9.17, 15) is 9.18 Å². The van der Waals surface area contributed by atoms with Crippen LogP contribution in [0.25, 0.3) is 0 Å². The molecule has 3 rings (SSSR count). The topological polar surface area (TPSA) is 38.8 Å². The molecule has 0 bridgehead atoms. The van der Waals surface area contributed by atoms with Crippen LogP contribution < -0.4 is 14.4 Å². The summed E-state index contributed by atoms with van der Waals surface area (Å²) in [7, 11) is 1.57. The number of rotatable bonds is 2. The average molecular weight is 315 g/mol. The Labute approximate surface area is 134 Å². The first-order chi connectivity index (χ1) is 11.0. The molecule has 2 aromatic rings. The number of amides is 1. The summed E-state index contributed by atoms with van der Waals surface area (Å²) in [5.74, 6) is 0.691. The van der Waals surface area contributed by atoms with Gasteiger partial charge in [0, 0.05) is 11.3 Å². The Morgan fingerprint density at radius 3 is 2.78 bits per heavy atom. The van der Waals surface area contributed by atoms with Gasteiger partial charge in [0.05, 0.1) is 13.7 Å². The first-order valence-electron chi connectivity index (χ1n) is 7.41. The molecule has 2 aromatic carbocycles. The normalized spacial score (nSPS) is 17.3. The Bertz CT molecular complexity index is 760. The van der Waals surface area contributed by atoms with E-state index in [2.05, 4.69) is 0 Å². The number of methoxy groups -OCH3 is 1. The second-order valence-electron chi connectivity index (χ2n) is 5.56. The Morgan fingerprint density at radius 1 is 1.30 bits per heavy atom. The molecule has 1 aliphatic rings. The van der Waals surface area contributed by atoms with Crippen LogP contribution in [0.4, 0.5) is 10.1 Å². The monoisotopic (exact) mass is 315 g/mol. The molecule has 1 heterocycles. The highest BCUT2D eigenvalue weighted by molar-refractivity contribution is 5.97. The summed E-state index contributed by atoms with van der Waals surface area (Å²) in [4.78, 5) is 14.3. The minimum atomic E-state index is -0.656. The van der Waals surface area contributed by atoms with Gasteiger partial charge in [0.15, 0.2) is 17.6 Å². The Kier molecular flexibility index (Phi) is 3.94. The van der Waals surface area contributed by atoms with Crippen LogP contribution in [0.1, 0.15) is 18.1 Å². The molecule has 4 nitrogen and oxygen atoms in total.